The van der Waals surface area contributed by atoms with Crippen molar-refractivity contribution in [3.05, 3.63) is 23.8 Å². The molecule has 0 saturated heterocycles. The van der Waals surface area contributed by atoms with E-state index in [0.29, 0.717) is 17.9 Å². The van der Waals surface area contributed by atoms with Gasteiger partial charge in [0.25, 0.3) is 0 Å². The molecule has 0 aliphatic heterocycles. The number of carbonyl (C=O) groups excluding carboxylic acids is 1. The normalized spacial score (nSPS) is 14.0. The van der Waals surface area contributed by atoms with Crippen molar-refractivity contribution in [1.29, 1.82) is 0 Å². The van der Waals surface area contributed by atoms with Gasteiger partial charge in [-0.2, -0.15) is 0 Å². The minimum absolute atomic E-state index is 0.326. The summed E-state index contributed by atoms with van der Waals surface area (Å²) < 4.78 is 10.6. The minimum atomic E-state index is -0.326. The van der Waals surface area contributed by atoms with Crippen LogP contribution in [0.2, 0.25) is 0 Å². The molecule has 1 saturated carbocycles. The number of nitrogen functional groups attached to an aromatic ring is 1. The van der Waals surface area contributed by atoms with E-state index in [1.54, 1.807) is 25.1 Å². The summed E-state index contributed by atoms with van der Waals surface area (Å²) in [5, 5.41) is 3.24. The molecule has 5 nitrogen and oxygen atoms in total. The number of ether oxygens (including phenoxy) is 2. The van der Waals surface area contributed by atoms with Crippen molar-refractivity contribution in [2.75, 3.05) is 37.4 Å². The lowest BCUT2D eigenvalue weighted by atomic mass is 10.1. The van der Waals surface area contributed by atoms with Crippen molar-refractivity contribution in [1.82, 2.24) is 0 Å². The number of hydrogen-bond acceptors (Lipinski definition) is 5. The molecule has 0 radical (unpaired) electrons. The molecule has 0 spiro atoms. The molecular formula is C16H24N2O3. The van der Waals surface area contributed by atoms with Gasteiger partial charge in [0.05, 0.1) is 23.5 Å². The van der Waals surface area contributed by atoms with Gasteiger partial charge in [-0.3, -0.25) is 0 Å². The Morgan fingerprint density at radius 3 is 2.95 bits per heavy atom. The number of nitrogens with two attached hydrogens (primary N) is 1. The second-order valence-electron chi connectivity index (χ2n) is 5.32. The van der Waals surface area contributed by atoms with Gasteiger partial charge < -0.3 is 20.5 Å². The van der Waals surface area contributed by atoms with Gasteiger partial charge in [0.1, 0.15) is 0 Å². The summed E-state index contributed by atoms with van der Waals surface area (Å²) >= 11 is 0. The molecule has 0 heterocycles. The van der Waals surface area contributed by atoms with Gasteiger partial charge in [-0.25, -0.2) is 4.79 Å². The third-order valence-electron chi connectivity index (χ3n) is 3.40. The summed E-state index contributed by atoms with van der Waals surface area (Å²) in [6, 6.07) is 5.13. The van der Waals surface area contributed by atoms with Gasteiger partial charge in [-0.1, -0.05) is 0 Å². The van der Waals surface area contributed by atoms with Crippen LogP contribution in [0.3, 0.4) is 0 Å². The molecule has 0 atom stereocenters. The minimum Gasteiger partial charge on any atom is -0.462 e. The first-order valence-electron chi connectivity index (χ1n) is 7.59. The Hall–Kier alpha value is -1.75. The number of hydrogen-bond donors (Lipinski definition) is 2. The van der Waals surface area contributed by atoms with Crippen LogP contribution in [0.1, 0.15) is 36.5 Å². The molecule has 0 unspecified atom stereocenters. The lowest BCUT2D eigenvalue weighted by Crippen LogP contribution is -2.10. The predicted octanol–water partition coefficient (Wildman–Crippen LogP) is 2.67. The zero-order valence-corrected chi connectivity index (χ0v) is 12.6. The highest BCUT2D eigenvalue weighted by atomic mass is 16.5. The molecule has 5 heteroatoms. The molecule has 1 aliphatic rings. The maximum atomic E-state index is 11.7. The van der Waals surface area contributed by atoms with Crippen LogP contribution in [0.15, 0.2) is 18.2 Å². The second kappa shape index (κ2) is 7.88. The Morgan fingerprint density at radius 2 is 2.24 bits per heavy atom. The summed E-state index contributed by atoms with van der Waals surface area (Å²) in [5.74, 6) is 0.475. The Labute approximate surface area is 125 Å². The zero-order valence-electron chi connectivity index (χ0n) is 12.6. The van der Waals surface area contributed by atoms with Gasteiger partial charge in [0.15, 0.2) is 0 Å². The van der Waals surface area contributed by atoms with E-state index in [4.69, 9.17) is 15.2 Å². The molecule has 3 N–H and O–H groups in total. The van der Waals surface area contributed by atoms with Crippen LogP contribution >= 0.6 is 0 Å². The highest BCUT2D eigenvalue weighted by Crippen LogP contribution is 2.28. The van der Waals surface area contributed by atoms with Crippen LogP contribution in [0.25, 0.3) is 0 Å². The van der Waals surface area contributed by atoms with Gasteiger partial charge in [-0.15, -0.1) is 0 Å². The number of carbonyl (C=O) groups is 1. The summed E-state index contributed by atoms with van der Waals surface area (Å²) in [6.07, 6.45) is 3.54. The van der Waals surface area contributed by atoms with Crippen molar-refractivity contribution in [3.8, 4) is 0 Å². The number of anilines is 2. The average molecular weight is 292 g/mol. The van der Waals surface area contributed by atoms with E-state index >= 15 is 0 Å². The standard InChI is InChI=1S/C16H24N2O3/c1-2-21-16(19)13-6-7-14(17)15(10-13)18-8-3-9-20-11-12-4-5-12/h6-7,10,12,18H,2-5,8-9,11,17H2,1H3. The molecule has 1 fully saturated rings. The summed E-state index contributed by atoms with van der Waals surface area (Å²) in [5.41, 5.74) is 7.81. The van der Waals surface area contributed by atoms with Crippen LogP contribution in [0, 0.1) is 5.92 Å². The van der Waals surface area contributed by atoms with Crippen molar-refractivity contribution in [2.45, 2.75) is 26.2 Å². The highest BCUT2D eigenvalue weighted by Gasteiger charge is 2.20. The molecule has 1 aromatic rings. The van der Waals surface area contributed by atoms with Crippen molar-refractivity contribution >= 4 is 17.3 Å². The lowest BCUT2D eigenvalue weighted by Gasteiger charge is -2.11. The van der Waals surface area contributed by atoms with Crippen LogP contribution in [-0.4, -0.2) is 32.3 Å². The van der Waals surface area contributed by atoms with E-state index in [2.05, 4.69) is 5.32 Å². The fraction of sp³-hybridized carbons (Fsp3) is 0.562. The van der Waals surface area contributed by atoms with E-state index in [0.717, 1.165) is 37.8 Å². The molecular weight excluding hydrogens is 268 g/mol. The Morgan fingerprint density at radius 1 is 1.43 bits per heavy atom. The summed E-state index contributed by atoms with van der Waals surface area (Å²) in [7, 11) is 0. The first kappa shape index (κ1) is 15.6. The Kier molecular flexibility index (Phi) is 5.87. The van der Waals surface area contributed by atoms with Gasteiger partial charge >= 0.3 is 5.97 Å². The quantitative estimate of drug-likeness (QED) is 0.416. The third-order valence-corrected chi connectivity index (χ3v) is 3.40. The number of nitrogens with one attached hydrogen (secondary N) is 1. The first-order valence-corrected chi connectivity index (χ1v) is 7.59. The molecule has 1 aromatic carbocycles. The van der Waals surface area contributed by atoms with Crippen LogP contribution < -0.4 is 11.1 Å². The third kappa shape index (κ3) is 5.27. The fourth-order valence-corrected chi connectivity index (χ4v) is 1.98. The van der Waals surface area contributed by atoms with Gasteiger partial charge in [0.2, 0.25) is 0 Å². The maximum Gasteiger partial charge on any atom is 0.338 e. The Bertz CT molecular complexity index is 473. The van der Waals surface area contributed by atoms with E-state index in [-0.39, 0.29) is 5.97 Å². The molecule has 0 bridgehead atoms. The summed E-state index contributed by atoms with van der Waals surface area (Å²) in [4.78, 5) is 11.7. The first-order chi connectivity index (χ1) is 10.2. The predicted molar refractivity (Wildman–Crippen MR) is 83.5 cm³/mol. The Balaban J connectivity index is 1.75. The van der Waals surface area contributed by atoms with Crippen molar-refractivity contribution in [2.24, 2.45) is 5.92 Å². The molecule has 0 amide bonds. The molecule has 2 rings (SSSR count). The van der Waals surface area contributed by atoms with Gasteiger partial charge in [-0.05, 0) is 50.3 Å². The topological polar surface area (TPSA) is 73.6 Å². The molecule has 0 aromatic heterocycles. The second-order valence-corrected chi connectivity index (χ2v) is 5.32. The maximum absolute atomic E-state index is 11.7. The van der Waals surface area contributed by atoms with Crippen LogP contribution in [0.4, 0.5) is 11.4 Å². The number of rotatable bonds is 9. The van der Waals surface area contributed by atoms with E-state index in [9.17, 15) is 4.79 Å². The van der Waals surface area contributed by atoms with Gasteiger partial charge in [0, 0.05) is 19.8 Å². The molecule has 116 valence electrons. The SMILES string of the molecule is CCOC(=O)c1ccc(N)c(NCCCOCC2CC2)c1. The highest BCUT2D eigenvalue weighted by molar-refractivity contribution is 5.92. The lowest BCUT2D eigenvalue weighted by molar-refractivity contribution is 0.0526. The van der Waals surface area contributed by atoms with Crippen LogP contribution in [0.5, 0.6) is 0 Å². The number of esters is 1. The average Bonchev–Trinajstić information content (AvgIpc) is 3.28. The largest absolute Gasteiger partial charge is 0.462 e. The van der Waals surface area contributed by atoms with E-state index < -0.39 is 0 Å². The molecule has 21 heavy (non-hydrogen) atoms. The van der Waals surface area contributed by atoms with Crippen molar-refractivity contribution in [3.63, 3.8) is 0 Å². The number of benzene rings is 1. The molecule has 1 aliphatic carbocycles. The van der Waals surface area contributed by atoms with E-state index in [1.165, 1.54) is 12.8 Å². The monoisotopic (exact) mass is 292 g/mol. The smallest absolute Gasteiger partial charge is 0.338 e. The van der Waals surface area contributed by atoms with E-state index in [1.807, 2.05) is 0 Å². The summed E-state index contributed by atoms with van der Waals surface area (Å²) in [6.45, 7) is 4.56. The van der Waals surface area contributed by atoms with Crippen molar-refractivity contribution < 1.29 is 14.3 Å². The zero-order chi connectivity index (χ0) is 15.1. The van der Waals surface area contributed by atoms with Crippen LogP contribution in [-0.2, 0) is 9.47 Å². The fourth-order valence-electron chi connectivity index (χ4n) is 1.98.